The van der Waals surface area contributed by atoms with Gasteiger partial charge in [0, 0.05) is 24.2 Å². The second kappa shape index (κ2) is 4.38. The molecule has 2 aromatic rings. The Balaban J connectivity index is 2.42. The van der Waals surface area contributed by atoms with Gasteiger partial charge in [0.2, 0.25) is 0 Å². The van der Waals surface area contributed by atoms with Crippen LogP contribution in [-0.2, 0) is 6.42 Å². The highest BCUT2D eigenvalue weighted by Crippen LogP contribution is 2.16. The van der Waals surface area contributed by atoms with Crippen LogP contribution < -0.4 is 11.5 Å². The number of hydrogen-bond donors (Lipinski definition) is 2. The lowest BCUT2D eigenvalue weighted by Crippen LogP contribution is -2.31. The Hall–Kier alpha value is -1.45. The van der Waals surface area contributed by atoms with E-state index in [2.05, 4.69) is 11.1 Å². The monoisotopic (exact) mass is 201 g/mol. The van der Waals surface area contributed by atoms with Crippen molar-refractivity contribution in [1.82, 2.24) is 4.98 Å². The van der Waals surface area contributed by atoms with Crippen molar-refractivity contribution in [3.8, 4) is 0 Å². The molecule has 1 atom stereocenters. The van der Waals surface area contributed by atoms with Crippen LogP contribution in [0.2, 0.25) is 0 Å². The minimum absolute atomic E-state index is 0.0239. The van der Waals surface area contributed by atoms with E-state index in [4.69, 9.17) is 11.5 Å². The lowest BCUT2D eigenvalue weighted by Gasteiger charge is -2.10. The first-order valence-corrected chi connectivity index (χ1v) is 5.09. The minimum atomic E-state index is 0.0239. The van der Waals surface area contributed by atoms with Gasteiger partial charge >= 0.3 is 0 Å². The molecule has 0 amide bonds. The predicted octanol–water partition coefficient (Wildman–Crippen LogP) is 1.06. The number of para-hydroxylation sites is 1. The molecule has 1 aromatic heterocycles. The summed E-state index contributed by atoms with van der Waals surface area (Å²) in [5.74, 6) is 0. The van der Waals surface area contributed by atoms with Crippen molar-refractivity contribution in [2.75, 3.05) is 6.54 Å². The number of nitrogens with two attached hydrogens (primary N) is 2. The van der Waals surface area contributed by atoms with Crippen LogP contribution in [0.5, 0.6) is 0 Å². The summed E-state index contributed by atoms with van der Waals surface area (Å²) in [5, 5.41) is 1.17. The average Bonchev–Trinajstić information content (AvgIpc) is 2.29. The second-order valence-electron chi connectivity index (χ2n) is 3.69. The molecule has 0 radical (unpaired) electrons. The molecule has 15 heavy (non-hydrogen) atoms. The molecule has 3 nitrogen and oxygen atoms in total. The first kappa shape index (κ1) is 10.1. The number of fused-ring (bicyclic) bond motifs is 1. The van der Waals surface area contributed by atoms with Crippen LogP contribution in [0, 0.1) is 0 Å². The molecular formula is C12H15N3. The van der Waals surface area contributed by atoms with E-state index in [1.807, 2.05) is 30.5 Å². The number of pyridine rings is 1. The first-order chi connectivity index (χ1) is 7.31. The van der Waals surface area contributed by atoms with Crippen LogP contribution in [0.1, 0.15) is 5.56 Å². The molecular weight excluding hydrogens is 186 g/mol. The van der Waals surface area contributed by atoms with E-state index in [1.54, 1.807) is 0 Å². The zero-order valence-corrected chi connectivity index (χ0v) is 8.56. The standard InChI is InChI=1S/C12H15N3/c13-8-10(14)7-9-5-6-15-12-4-2-1-3-11(9)12/h1-6,10H,7-8,13-14H2. The fraction of sp³-hybridized carbons (Fsp3) is 0.250. The van der Waals surface area contributed by atoms with E-state index >= 15 is 0 Å². The number of nitrogens with zero attached hydrogens (tertiary/aromatic N) is 1. The molecule has 0 saturated carbocycles. The molecule has 0 saturated heterocycles. The molecule has 0 fully saturated rings. The molecule has 2 rings (SSSR count). The van der Waals surface area contributed by atoms with Gasteiger partial charge in [0.15, 0.2) is 0 Å². The number of rotatable bonds is 3. The smallest absolute Gasteiger partial charge is 0.0704 e. The lowest BCUT2D eigenvalue weighted by molar-refractivity contribution is 0.681. The average molecular weight is 201 g/mol. The van der Waals surface area contributed by atoms with Gasteiger partial charge in [-0.2, -0.15) is 0 Å². The molecule has 4 N–H and O–H groups in total. The number of aromatic nitrogens is 1. The van der Waals surface area contributed by atoms with Gasteiger partial charge in [0.05, 0.1) is 5.52 Å². The fourth-order valence-corrected chi connectivity index (χ4v) is 1.70. The Morgan fingerprint density at radius 3 is 2.80 bits per heavy atom. The van der Waals surface area contributed by atoms with Gasteiger partial charge in [-0.3, -0.25) is 4.98 Å². The van der Waals surface area contributed by atoms with Crippen molar-refractivity contribution in [3.05, 3.63) is 42.1 Å². The van der Waals surface area contributed by atoms with Crippen molar-refractivity contribution in [2.24, 2.45) is 11.5 Å². The van der Waals surface area contributed by atoms with Crippen molar-refractivity contribution >= 4 is 10.9 Å². The largest absolute Gasteiger partial charge is 0.329 e. The third-order valence-electron chi connectivity index (χ3n) is 2.52. The number of benzene rings is 1. The van der Waals surface area contributed by atoms with Crippen LogP contribution in [0.15, 0.2) is 36.5 Å². The highest BCUT2D eigenvalue weighted by atomic mass is 14.7. The minimum Gasteiger partial charge on any atom is -0.329 e. The third-order valence-corrected chi connectivity index (χ3v) is 2.52. The highest BCUT2D eigenvalue weighted by molar-refractivity contribution is 5.81. The molecule has 3 heteroatoms. The van der Waals surface area contributed by atoms with Gasteiger partial charge in [-0.05, 0) is 24.1 Å². The van der Waals surface area contributed by atoms with E-state index in [9.17, 15) is 0 Å². The molecule has 78 valence electrons. The van der Waals surface area contributed by atoms with Crippen LogP contribution in [0.3, 0.4) is 0 Å². The maximum atomic E-state index is 5.85. The summed E-state index contributed by atoms with van der Waals surface area (Å²) in [6.45, 7) is 0.511. The summed E-state index contributed by atoms with van der Waals surface area (Å²) in [7, 11) is 0. The van der Waals surface area contributed by atoms with Crippen LogP contribution in [0.4, 0.5) is 0 Å². The summed E-state index contributed by atoms with van der Waals surface area (Å²) >= 11 is 0. The predicted molar refractivity (Wildman–Crippen MR) is 62.5 cm³/mol. The molecule has 1 heterocycles. The quantitative estimate of drug-likeness (QED) is 0.780. The molecule has 0 spiro atoms. The normalized spacial score (nSPS) is 12.9. The Kier molecular flexibility index (Phi) is 2.94. The topological polar surface area (TPSA) is 64.9 Å². The summed E-state index contributed by atoms with van der Waals surface area (Å²) in [5.41, 5.74) is 13.6. The van der Waals surface area contributed by atoms with E-state index in [-0.39, 0.29) is 6.04 Å². The zero-order valence-electron chi connectivity index (χ0n) is 8.56. The highest BCUT2D eigenvalue weighted by Gasteiger charge is 2.05. The zero-order chi connectivity index (χ0) is 10.7. The number of hydrogen-bond acceptors (Lipinski definition) is 3. The SMILES string of the molecule is NCC(N)Cc1ccnc2ccccc12. The van der Waals surface area contributed by atoms with Gasteiger partial charge in [0.1, 0.15) is 0 Å². The van der Waals surface area contributed by atoms with E-state index in [0.717, 1.165) is 11.9 Å². The van der Waals surface area contributed by atoms with E-state index < -0.39 is 0 Å². The van der Waals surface area contributed by atoms with Crippen molar-refractivity contribution in [1.29, 1.82) is 0 Å². The van der Waals surface area contributed by atoms with E-state index in [1.165, 1.54) is 10.9 Å². The first-order valence-electron chi connectivity index (χ1n) is 5.09. The van der Waals surface area contributed by atoms with Gasteiger partial charge in [-0.1, -0.05) is 18.2 Å². The molecule has 0 bridgehead atoms. The molecule has 0 aliphatic rings. The Morgan fingerprint density at radius 1 is 1.20 bits per heavy atom. The Labute approximate surface area is 89.1 Å². The van der Waals surface area contributed by atoms with Gasteiger partial charge in [-0.25, -0.2) is 0 Å². The van der Waals surface area contributed by atoms with Gasteiger partial charge < -0.3 is 11.5 Å². The Bertz CT molecular complexity index is 448. The third kappa shape index (κ3) is 2.14. The van der Waals surface area contributed by atoms with Crippen molar-refractivity contribution in [3.63, 3.8) is 0 Å². The van der Waals surface area contributed by atoms with Crippen LogP contribution in [0.25, 0.3) is 10.9 Å². The molecule has 0 aliphatic heterocycles. The van der Waals surface area contributed by atoms with Crippen LogP contribution >= 0.6 is 0 Å². The Morgan fingerprint density at radius 2 is 2.00 bits per heavy atom. The summed E-state index contributed by atoms with van der Waals surface area (Å²) < 4.78 is 0. The molecule has 0 aliphatic carbocycles. The van der Waals surface area contributed by atoms with Gasteiger partial charge in [0.25, 0.3) is 0 Å². The summed E-state index contributed by atoms with van der Waals surface area (Å²) in [6.07, 6.45) is 2.63. The van der Waals surface area contributed by atoms with Crippen molar-refractivity contribution < 1.29 is 0 Å². The maximum absolute atomic E-state index is 5.85. The fourth-order valence-electron chi connectivity index (χ4n) is 1.70. The molecule has 1 unspecified atom stereocenters. The summed E-state index contributed by atoms with van der Waals surface area (Å²) in [6, 6.07) is 10.1. The van der Waals surface area contributed by atoms with E-state index in [0.29, 0.717) is 6.54 Å². The van der Waals surface area contributed by atoms with Crippen molar-refractivity contribution in [2.45, 2.75) is 12.5 Å². The molecule has 1 aromatic carbocycles. The van der Waals surface area contributed by atoms with Gasteiger partial charge in [-0.15, -0.1) is 0 Å². The second-order valence-corrected chi connectivity index (χ2v) is 3.69. The van der Waals surface area contributed by atoms with Crippen LogP contribution in [-0.4, -0.2) is 17.6 Å². The summed E-state index contributed by atoms with van der Waals surface area (Å²) in [4.78, 5) is 4.30. The lowest BCUT2D eigenvalue weighted by atomic mass is 10.0. The maximum Gasteiger partial charge on any atom is 0.0704 e.